The number of nitrogens with two attached hydrogens (primary N) is 1. The van der Waals surface area contributed by atoms with E-state index >= 15 is 4.39 Å². The second-order valence-corrected chi connectivity index (χ2v) is 10.9. The van der Waals surface area contributed by atoms with Crippen molar-refractivity contribution in [2.24, 2.45) is 0 Å². The van der Waals surface area contributed by atoms with Crippen LogP contribution in [0.4, 0.5) is 10.2 Å². The van der Waals surface area contributed by atoms with Gasteiger partial charge in [-0.1, -0.05) is 18.2 Å². The second-order valence-electron chi connectivity index (χ2n) is 8.87. The fourth-order valence-electron chi connectivity index (χ4n) is 3.81. The highest BCUT2D eigenvalue weighted by Crippen LogP contribution is 2.46. The number of benzene rings is 1. The summed E-state index contributed by atoms with van der Waals surface area (Å²) >= 11 is 5.91. The number of nitrogen functional groups attached to an aromatic ring is 1. The normalized spacial score (nSPS) is 23.9. The van der Waals surface area contributed by atoms with E-state index in [1.54, 1.807) is 50.2 Å². The zero-order valence-electron chi connectivity index (χ0n) is 20.7. The minimum absolute atomic E-state index is 0.0998. The molecule has 0 saturated carbocycles. The van der Waals surface area contributed by atoms with Crippen LogP contribution in [0.25, 0.3) is 11.0 Å². The molecule has 1 fully saturated rings. The molecule has 206 valence electrons. The molecule has 1 aliphatic rings. The molecule has 0 spiro atoms. The van der Waals surface area contributed by atoms with Crippen LogP contribution in [0.15, 0.2) is 42.6 Å². The Morgan fingerprint density at radius 3 is 2.68 bits per heavy atom. The number of aliphatic hydroxyl groups excluding tert-OH is 1. The highest BCUT2D eigenvalue weighted by Gasteiger charge is 2.47. The lowest BCUT2D eigenvalue weighted by Crippen LogP contribution is -2.37. The van der Waals surface area contributed by atoms with E-state index in [2.05, 4.69) is 15.1 Å². The fourth-order valence-corrected chi connectivity index (χ4v) is 5.48. The lowest BCUT2D eigenvalue weighted by Gasteiger charge is -2.25. The number of nitrogens with one attached hydrogen (secondary N) is 1. The number of ether oxygens (including phenoxy) is 2. The molecule has 2 aromatic heterocycles. The largest absolute Gasteiger partial charge is 0.462 e. The van der Waals surface area contributed by atoms with E-state index in [1.807, 2.05) is 0 Å². The number of carbonyl (C=O) groups excluding carboxylic acids is 1. The second kappa shape index (κ2) is 11.5. The quantitative estimate of drug-likeness (QED) is 0.186. The van der Waals surface area contributed by atoms with Crippen molar-refractivity contribution in [3.63, 3.8) is 0 Å². The van der Waals surface area contributed by atoms with Crippen LogP contribution in [0.1, 0.15) is 27.0 Å². The maximum absolute atomic E-state index is 15.2. The first kappa shape index (κ1) is 28.2. The van der Waals surface area contributed by atoms with Gasteiger partial charge in [0.2, 0.25) is 5.28 Å². The standard InChI is InChI=1S/C23H28ClFN5O7P/c1-12(2)35-22(32)13(3)29-38(33,37-14-7-5-4-6-8-14)34-11-16-18(31)17(25)21(36-16)30-10-9-15-19(26)27-23(24)28-20(15)30/h4-10,12-13,16-18,21,31H,11H2,1-3H3,(H,29,33)(H2,26,27,28)/t13-,16+,17?,18?,21+,38?/m0/s1. The predicted octanol–water partition coefficient (Wildman–Crippen LogP) is 3.40. The van der Waals surface area contributed by atoms with E-state index in [1.165, 1.54) is 17.7 Å². The summed E-state index contributed by atoms with van der Waals surface area (Å²) in [6.07, 6.45) is -5.05. The molecule has 0 aliphatic carbocycles. The number of alkyl halides is 1. The third kappa shape index (κ3) is 6.25. The Morgan fingerprint density at radius 1 is 1.29 bits per heavy atom. The summed E-state index contributed by atoms with van der Waals surface area (Å²) in [4.78, 5) is 20.3. The summed E-state index contributed by atoms with van der Waals surface area (Å²) in [5.74, 6) is -0.390. The Labute approximate surface area is 222 Å². The first-order chi connectivity index (χ1) is 18.0. The van der Waals surface area contributed by atoms with E-state index < -0.39 is 57.1 Å². The number of nitrogens with zero attached hydrogens (tertiary/aromatic N) is 3. The smallest absolute Gasteiger partial charge is 0.459 e. The fraction of sp³-hybridized carbons (Fsp3) is 0.435. The van der Waals surface area contributed by atoms with Crippen LogP contribution in [-0.2, 0) is 23.4 Å². The summed E-state index contributed by atoms with van der Waals surface area (Å²) in [6, 6.07) is 8.61. The van der Waals surface area contributed by atoms with Gasteiger partial charge in [-0.2, -0.15) is 10.1 Å². The van der Waals surface area contributed by atoms with E-state index in [9.17, 15) is 14.5 Å². The number of fused-ring (bicyclic) bond motifs is 1. The summed E-state index contributed by atoms with van der Waals surface area (Å²) in [7, 11) is -4.25. The minimum Gasteiger partial charge on any atom is -0.462 e. The molecule has 38 heavy (non-hydrogen) atoms. The van der Waals surface area contributed by atoms with Gasteiger partial charge in [-0.3, -0.25) is 9.32 Å². The lowest BCUT2D eigenvalue weighted by atomic mass is 10.1. The Kier molecular flexibility index (Phi) is 8.55. The van der Waals surface area contributed by atoms with Crippen molar-refractivity contribution in [3.05, 3.63) is 47.9 Å². The Hall–Kier alpha value is -2.80. The lowest BCUT2D eigenvalue weighted by molar-refractivity contribution is -0.149. The van der Waals surface area contributed by atoms with E-state index in [4.69, 9.17) is 35.9 Å². The number of rotatable bonds is 10. The molecule has 1 aliphatic heterocycles. The molecule has 4 N–H and O–H groups in total. The van der Waals surface area contributed by atoms with E-state index in [0.29, 0.717) is 5.39 Å². The van der Waals surface area contributed by atoms with Crippen molar-refractivity contribution in [1.29, 1.82) is 0 Å². The van der Waals surface area contributed by atoms with Gasteiger partial charge in [-0.25, -0.2) is 13.9 Å². The van der Waals surface area contributed by atoms with Crippen LogP contribution in [0, 0.1) is 0 Å². The number of anilines is 1. The molecule has 1 saturated heterocycles. The van der Waals surface area contributed by atoms with Crippen molar-refractivity contribution in [2.45, 2.75) is 57.5 Å². The molecule has 0 bridgehead atoms. The van der Waals surface area contributed by atoms with Crippen LogP contribution < -0.4 is 15.3 Å². The Balaban J connectivity index is 1.51. The number of halogens is 2. The molecule has 4 rings (SSSR count). The number of aliphatic hydroxyl groups is 1. The number of esters is 1. The number of para-hydroxylation sites is 1. The van der Waals surface area contributed by atoms with Crippen LogP contribution in [0.5, 0.6) is 5.75 Å². The number of carbonyl (C=O) groups is 1. The molecule has 12 nitrogen and oxygen atoms in total. The third-order valence-electron chi connectivity index (χ3n) is 5.58. The molecule has 0 amide bonds. The molecule has 3 aromatic rings. The van der Waals surface area contributed by atoms with Gasteiger partial charge >= 0.3 is 13.7 Å². The predicted molar refractivity (Wildman–Crippen MR) is 136 cm³/mol. The topological polar surface area (TPSA) is 160 Å². The zero-order valence-corrected chi connectivity index (χ0v) is 22.4. The average molecular weight is 572 g/mol. The van der Waals surface area contributed by atoms with Crippen LogP contribution >= 0.6 is 19.3 Å². The molecule has 1 aromatic carbocycles. The summed E-state index contributed by atoms with van der Waals surface area (Å²) in [6.45, 7) is 4.23. The molecular weight excluding hydrogens is 544 g/mol. The van der Waals surface area contributed by atoms with Crippen LogP contribution in [0.2, 0.25) is 5.28 Å². The molecular formula is C23H28ClFN5O7P. The molecule has 0 radical (unpaired) electrons. The van der Waals surface area contributed by atoms with Crippen molar-refractivity contribution < 1.29 is 37.4 Å². The summed E-state index contributed by atoms with van der Waals surface area (Å²) < 4.78 is 52.2. The van der Waals surface area contributed by atoms with Gasteiger partial charge in [0.1, 0.15) is 35.5 Å². The highest BCUT2D eigenvalue weighted by molar-refractivity contribution is 7.52. The van der Waals surface area contributed by atoms with E-state index in [0.717, 1.165) is 0 Å². The number of hydrogen-bond donors (Lipinski definition) is 3. The maximum atomic E-state index is 15.2. The monoisotopic (exact) mass is 571 g/mol. The Bertz CT molecular complexity index is 1330. The van der Waals surface area contributed by atoms with Crippen LogP contribution in [0.3, 0.4) is 0 Å². The van der Waals surface area contributed by atoms with Crippen molar-refractivity contribution >= 4 is 42.2 Å². The van der Waals surface area contributed by atoms with Crippen molar-refractivity contribution in [3.8, 4) is 5.75 Å². The molecule has 6 atom stereocenters. The van der Waals surface area contributed by atoms with Crippen LogP contribution in [-0.4, -0.2) is 62.7 Å². The summed E-state index contributed by atoms with van der Waals surface area (Å²) in [5, 5.41) is 13.4. The summed E-state index contributed by atoms with van der Waals surface area (Å²) in [5.41, 5.74) is 6.08. The van der Waals surface area contributed by atoms with Gasteiger partial charge in [-0.05, 0) is 50.6 Å². The maximum Gasteiger partial charge on any atom is 0.459 e. The van der Waals surface area contributed by atoms with Gasteiger partial charge in [0.15, 0.2) is 12.4 Å². The van der Waals surface area contributed by atoms with Gasteiger partial charge in [0.05, 0.1) is 18.1 Å². The molecule has 3 unspecified atom stereocenters. The first-order valence-electron chi connectivity index (χ1n) is 11.7. The average Bonchev–Trinajstić information content (AvgIpc) is 3.39. The van der Waals surface area contributed by atoms with Crippen molar-refractivity contribution in [1.82, 2.24) is 19.6 Å². The third-order valence-corrected chi connectivity index (χ3v) is 7.39. The van der Waals surface area contributed by atoms with Gasteiger partial charge in [-0.15, -0.1) is 0 Å². The number of hydrogen-bond acceptors (Lipinski definition) is 10. The van der Waals surface area contributed by atoms with Gasteiger partial charge in [0.25, 0.3) is 0 Å². The zero-order chi connectivity index (χ0) is 27.6. The molecule has 15 heteroatoms. The van der Waals surface area contributed by atoms with Crippen molar-refractivity contribution in [2.75, 3.05) is 12.3 Å². The van der Waals surface area contributed by atoms with Gasteiger partial charge in [0, 0.05) is 6.20 Å². The minimum atomic E-state index is -4.25. The Morgan fingerprint density at radius 2 is 2.00 bits per heavy atom. The highest BCUT2D eigenvalue weighted by atomic mass is 35.5. The SMILES string of the molecule is CC(C)OC(=O)[C@H](C)NP(=O)(OC[C@H]1O[C@@H](n2ccc3c(N)nc(Cl)nc32)C(F)C1O)Oc1ccccc1. The van der Waals surface area contributed by atoms with E-state index in [-0.39, 0.29) is 22.5 Å². The molecule has 3 heterocycles. The first-order valence-corrected chi connectivity index (χ1v) is 13.6. The number of aromatic nitrogens is 3. The van der Waals surface area contributed by atoms with Gasteiger partial charge < -0.3 is 29.4 Å².